The molecule has 1 atom stereocenters. The number of ether oxygens (including phenoxy) is 1. The number of aliphatic hydroxyl groups excluding tert-OH is 1. The fourth-order valence-electron chi connectivity index (χ4n) is 0.171. The topological polar surface area (TPSA) is 53.3 Å². The first kappa shape index (κ1) is 10.7. The zero-order valence-corrected chi connectivity index (χ0v) is 5.66. The van der Waals surface area contributed by atoms with Gasteiger partial charge in [0, 0.05) is 0 Å². The molecular weight excluding hydrogens is 130 g/mol. The van der Waals surface area contributed by atoms with E-state index in [2.05, 4.69) is 4.74 Å². The van der Waals surface area contributed by atoms with Gasteiger partial charge in [-0.15, -0.1) is 12.4 Å². The van der Waals surface area contributed by atoms with Crippen LogP contribution >= 0.6 is 12.4 Å². The Bertz CT molecular complexity index is 74.4. The molecule has 0 aromatic rings. The summed E-state index contributed by atoms with van der Waals surface area (Å²) in [5, 5.41) is 15.2. The minimum atomic E-state index is -0.773. The minimum absolute atomic E-state index is 0. The summed E-state index contributed by atoms with van der Waals surface area (Å²) in [5.74, 6) is -0.0972. The lowest BCUT2D eigenvalue weighted by Gasteiger charge is -2.01. The molecule has 0 radical (unpaired) electrons. The molecule has 0 saturated heterocycles. The van der Waals surface area contributed by atoms with Gasteiger partial charge in [-0.05, 0) is 6.92 Å². The van der Waals surface area contributed by atoms with E-state index < -0.39 is 6.10 Å². The maximum atomic E-state index is 8.47. The van der Waals surface area contributed by atoms with E-state index in [9.17, 15) is 0 Å². The van der Waals surface area contributed by atoms with Crippen molar-refractivity contribution in [2.24, 2.45) is 0 Å². The first-order chi connectivity index (χ1) is 3.18. The summed E-state index contributed by atoms with van der Waals surface area (Å²) in [6.07, 6.45) is -0.773. The third-order valence-electron chi connectivity index (χ3n) is 0.599. The number of halogens is 1. The van der Waals surface area contributed by atoms with Gasteiger partial charge >= 0.3 is 0 Å². The lowest BCUT2D eigenvalue weighted by molar-refractivity contribution is 0.218. The van der Waals surface area contributed by atoms with Crippen LogP contribution in [-0.4, -0.2) is 24.2 Å². The van der Waals surface area contributed by atoms with Gasteiger partial charge in [0.1, 0.15) is 6.10 Å². The molecule has 0 heterocycles. The molecule has 3 nitrogen and oxygen atoms in total. The molecule has 8 heavy (non-hydrogen) atoms. The third-order valence-corrected chi connectivity index (χ3v) is 0.599. The van der Waals surface area contributed by atoms with Gasteiger partial charge in [-0.3, -0.25) is 5.41 Å². The van der Waals surface area contributed by atoms with Crippen molar-refractivity contribution in [1.82, 2.24) is 0 Å². The minimum Gasteiger partial charge on any atom is -0.483 e. The van der Waals surface area contributed by atoms with Crippen molar-refractivity contribution in [3.05, 3.63) is 0 Å². The number of rotatable bonds is 1. The zero-order valence-electron chi connectivity index (χ0n) is 4.84. The van der Waals surface area contributed by atoms with E-state index in [0.29, 0.717) is 0 Å². The highest BCUT2D eigenvalue weighted by atomic mass is 35.5. The molecule has 0 fully saturated rings. The van der Waals surface area contributed by atoms with Gasteiger partial charge < -0.3 is 9.84 Å². The normalized spacial score (nSPS) is 11.4. The zero-order chi connectivity index (χ0) is 5.86. The van der Waals surface area contributed by atoms with Crippen molar-refractivity contribution >= 4 is 18.3 Å². The van der Waals surface area contributed by atoms with Gasteiger partial charge in [-0.25, -0.2) is 0 Å². The molecular formula is C4H10ClNO2. The molecule has 4 heteroatoms. The third kappa shape index (κ3) is 3.89. The largest absolute Gasteiger partial charge is 0.483 e. The number of aliphatic hydroxyl groups is 1. The van der Waals surface area contributed by atoms with Crippen LogP contribution < -0.4 is 0 Å². The van der Waals surface area contributed by atoms with Crippen molar-refractivity contribution < 1.29 is 9.84 Å². The van der Waals surface area contributed by atoms with Crippen LogP contribution in [0.15, 0.2) is 0 Å². The molecule has 0 aromatic carbocycles. The molecule has 0 rings (SSSR count). The van der Waals surface area contributed by atoms with Crippen molar-refractivity contribution in [2.75, 3.05) is 7.11 Å². The lowest BCUT2D eigenvalue weighted by Crippen LogP contribution is -2.16. The van der Waals surface area contributed by atoms with Crippen LogP contribution in [0.3, 0.4) is 0 Å². The predicted octanol–water partition coefficient (Wildman–Crippen LogP) is 0.413. The van der Waals surface area contributed by atoms with Crippen LogP contribution in [0, 0.1) is 5.41 Å². The predicted molar refractivity (Wildman–Crippen MR) is 33.7 cm³/mol. The Labute approximate surface area is 54.6 Å². The highest BCUT2D eigenvalue weighted by Crippen LogP contribution is 1.81. The van der Waals surface area contributed by atoms with Crippen LogP contribution in [0.25, 0.3) is 0 Å². The van der Waals surface area contributed by atoms with Crippen molar-refractivity contribution in [3.63, 3.8) is 0 Å². The second-order valence-corrected chi connectivity index (χ2v) is 1.24. The smallest absolute Gasteiger partial charge is 0.209 e. The van der Waals surface area contributed by atoms with Gasteiger partial charge in [0.05, 0.1) is 7.11 Å². The molecule has 0 aromatic heterocycles. The maximum Gasteiger partial charge on any atom is 0.209 e. The Morgan fingerprint density at radius 1 is 1.75 bits per heavy atom. The molecule has 0 spiro atoms. The summed E-state index contributed by atoms with van der Waals surface area (Å²) in [4.78, 5) is 0. The van der Waals surface area contributed by atoms with E-state index in [1.807, 2.05) is 0 Å². The van der Waals surface area contributed by atoms with E-state index in [1.54, 1.807) is 0 Å². The number of methoxy groups -OCH3 is 1. The van der Waals surface area contributed by atoms with E-state index >= 15 is 0 Å². The van der Waals surface area contributed by atoms with Crippen LogP contribution in [0.5, 0.6) is 0 Å². The van der Waals surface area contributed by atoms with Crippen molar-refractivity contribution in [2.45, 2.75) is 13.0 Å². The van der Waals surface area contributed by atoms with Gasteiger partial charge in [-0.1, -0.05) is 0 Å². The fourth-order valence-corrected chi connectivity index (χ4v) is 0.171. The Morgan fingerprint density at radius 2 is 2.12 bits per heavy atom. The van der Waals surface area contributed by atoms with Gasteiger partial charge in [0.2, 0.25) is 5.90 Å². The molecule has 1 unspecified atom stereocenters. The van der Waals surface area contributed by atoms with Crippen molar-refractivity contribution in [3.8, 4) is 0 Å². The number of hydrogen-bond acceptors (Lipinski definition) is 3. The highest BCUT2D eigenvalue weighted by molar-refractivity contribution is 5.85. The molecule has 0 aliphatic heterocycles. The summed E-state index contributed by atoms with van der Waals surface area (Å²) in [5.41, 5.74) is 0. The molecule has 0 aliphatic carbocycles. The Kier molecular flexibility index (Phi) is 6.48. The Hall–Kier alpha value is -0.280. The van der Waals surface area contributed by atoms with Gasteiger partial charge in [0.15, 0.2) is 0 Å². The first-order valence-electron chi connectivity index (χ1n) is 1.99. The van der Waals surface area contributed by atoms with Gasteiger partial charge in [0.25, 0.3) is 0 Å². The first-order valence-corrected chi connectivity index (χ1v) is 1.99. The molecule has 0 aliphatic rings. The molecule has 2 N–H and O–H groups in total. The second-order valence-electron chi connectivity index (χ2n) is 1.24. The fraction of sp³-hybridized carbons (Fsp3) is 0.750. The van der Waals surface area contributed by atoms with E-state index in [1.165, 1.54) is 14.0 Å². The molecule has 0 amide bonds. The SMILES string of the molecule is COC(=N)C(C)O.Cl. The maximum absolute atomic E-state index is 8.47. The summed E-state index contributed by atoms with van der Waals surface area (Å²) in [7, 11) is 1.36. The van der Waals surface area contributed by atoms with E-state index in [-0.39, 0.29) is 18.3 Å². The summed E-state index contributed by atoms with van der Waals surface area (Å²) in [6.45, 7) is 1.48. The average Bonchev–Trinajstić information content (AvgIpc) is 1.65. The van der Waals surface area contributed by atoms with Crippen LogP contribution in [0.1, 0.15) is 6.92 Å². The monoisotopic (exact) mass is 139 g/mol. The summed E-state index contributed by atoms with van der Waals surface area (Å²) in [6, 6.07) is 0. The lowest BCUT2D eigenvalue weighted by atomic mass is 10.4. The highest BCUT2D eigenvalue weighted by Gasteiger charge is 2.00. The van der Waals surface area contributed by atoms with Gasteiger partial charge in [-0.2, -0.15) is 0 Å². The second kappa shape index (κ2) is 4.87. The summed E-state index contributed by atoms with van der Waals surface area (Å²) >= 11 is 0. The van der Waals surface area contributed by atoms with Crippen LogP contribution in [0.4, 0.5) is 0 Å². The van der Waals surface area contributed by atoms with Crippen LogP contribution in [0.2, 0.25) is 0 Å². The number of nitrogens with one attached hydrogen (secondary N) is 1. The Balaban J connectivity index is 0. The molecule has 0 bridgehead atoms. The standard InChI is InChI=1S/C4H9NO2.ClH/c1-3(6)4(5)7-2;/h3,5-6H,1-2H3;1H. The van der Waals surface area contributed by atoms with E-state index in [4.69, 9.17) is 10.5 Å². The average molecular weight is 140 g/mol. The Morgan fingerprint density at radius 3 is 2.12 bits per heavy atom. The number of hydrogen-bond donors (Lipinski definition) is 2. The summed E-state index contributed by atoms with van der Waals surface area (Å²) < 4.78 is 4.34. The van der Waals surface area contributed by atoms with Crippen molar-refractivity contribution in [1.29, 1.82) is 5.41 Å². The van der Waals surface area contributed by atoms with E-state index in [0.717, 1.165) is 0 Å². The molecule has 0 saturated carbocycles. The molecule has 50 valence electrons. The van der Waals surface area contributed by atoms with Crippen LogP contribution in [-0.2, 0) is 4.74 Å². The quantitative estimate of drug-likeness (QED) is 0.409.